The summed E-state index contributed by atoms with van der Waals surface area (Å²) in [6, 6.07) is 5.19. The van der Waals surface area contributed by atoms with E-state index in [-0.39, 0.29) is 11.9 Å². The van der Waals surface area contributed by atoms with E-state index in [0.717, 1.165) is 10.2 Å². The van der Waals surface area contributed by atoms with E-state index in [1.54, 1.807) is 12.0 Å². The molecule has 1 aromatic carbocycles. The van der Waals surface area contributed by atoms with Gasteiger partial charge in [0.05, 0.1) is 18.8 Å². The van der Waals surface area contributed by atoms with Crippen LogP contribution in [0.4, 0.5) is 5.69 Å². The Labute approximate surface area is 102 Å². The van der Waals surface area contributed by atoms with Gasteiger partial charge in [0, 0.05) is 11.0 Å². The highest BCUT2D eigenvalue weighted by atomic mass is 79.9. The van der Waals surface area contributed by atoms with Crippen molar-refractivity contribution in [3.63, 3.8) is 0 Å². The van der Waals surface area contributed by atoms with Crippen molar-refractivity contribution >= 4 is 27.5 Å². The van der Waals surface area contributed by atoms with Crippen molar-refractivity contribution in [2.75, 3.05) is 18.6 Å². The third-order valence-corrected chi connectivity index (χ3v) is 3.17. The molecule has 1 aliphatic heterocycles. The molecule has 16 heavy (non-hydrogen) atoms. The number of amides is 1. The van der Waals surface area contributed by atoms with Crippen LogP contribution >= 0.6 is 15.9 Å². The standard InChI is InChI=1S/C11H13BrN2O2/c1-16-10-3-2-7(12)6-9(10)14-5-4-8(13)11(14)15/h2-3,6,8H,4-5,13H2,1H3. The Hall–Kier alpha value is -1.07. The summed E-state index contributed by atoms with van der Waals surface area (Å²) in [6.45, 7) is 0.646. The first-order valence-corrected chi connectivity index (χ1v) is 5.83. The van der Waals surface area contributed by atoms with Gasteiger partial charge in [0.25, 0.3) is 0 Å². The van der Waals surface area contributed by atoms with Crippen molar-refractivity contribution in [1.82, 2.24) is 0 Å². The van der Waals surface area contributed by atoms with E-state index in [1.807, 2.05) is 18.2 Å². The molecular formula is C11H13BrN2O2. The number of nitrogens with zero attached hydrogens (tertiary/aromatic N) is 1. The van der Waals surface area contributed by atoms with Crippen LogP contribution in [-0.4, -0.2) is 25.6 Å². The van der Waals surface area contributed by atoms with Gasteiger partial charge in [-0.2, -0.15) is 0 Å². The number of anilines is 1. The molecule has 4 nitrogen and oxygen atoms in total. The summed E-state index contributed by atoms with van der Waals surface area (Å²) >= 11 is 3.38. The Morgan fingerprint density at radius 2 is 2.31 bits per heavy atom. The van der Waals surface area contributed by atoms with Crippen molar-refractivity contribution in [3.8, 4) is 5.75 Å². The van der Waals surface area contributed by atoms with E-state index >= 15 is 0 Å². The minimum atomic E-state index is -0.385. The van der Waals surface area contributed by atoms with Gasteiger partial charge in [-0.25, -0.2) is 0 Å². The quantitative estimate of drug-likeness (QED) is 0.896. The maximum Gasteiger partial charge on any atom is 0.244 e. The second kappa shape index (κ2) is 4.43. The third-order valence-electron chi connectivity index (χ3n) is 2.68. The summed E-state index contributed by atoms with van der Waals surface area (Å²) in [5.74, 6) is 0.641. The number of hydrogen-bond acceptors (Lipinski definition) is 3. The number of carbonyl (C=O) groups is 1. The highest BCUT2D eigenvalue weighted by Gasteiger charge is 2.31. The molecule has 1 unspecified atom stereocenters. The van der Waals surface area contributed by atoms with E-state index < -0.39 is 0 Å². The van der Waals surface area contributed by atoms with Crippen molar-refractivity contribution in [2.24, 2.45) is 5.73 Å². The fraction of sp³-hybridized carbons (Fsp3) is 0.364. The monoisotopic (exact) mass is 284 g/mol. The second-order valence-electron chi connectivity index (χ2n) is 3.70. The van der Waals surface area contributed by atoms with Crippen molar-refractivity contribution < 1.29 is 9.53 Å². The zero-order valence-electron chi connectivity index (χ0n) is 8.94. The first kappa shape index (κ1) is 11.4. The summed E-state index contributed by atoms with van der Waals surface area (Å²) < 4.78 is 6.15. The van der Waals surface area contributed by atoms with Crippen LogP contribution in [0, 0.1) is 0 Å². The summed E-state index contributed by atoms with van der Waals surface area (Å²) in [5.41, 5.74) is 6.46. The first-order chi connectivity index (χ1) is 7.63. The number of methoxy groups -OCH3 is 1. The molecule has 5 heteroatoms. The van der Waals surface area contributed by atoms with Crippen LogP contribution in [0.25, 0.3) is 0 Å². The maximum absolute atomic E-state index is 11.8. The fourth-order valence-corrected chi connectivity index (χ4v) is 2.16. The number of carbonyl (C=O) groups excluding carboxylic acids is 1. The van der Waals surface area contributed by atoms with Gasteiger partial charge in [0.1, 0.15) is 5.75 Å². The molecule has 1 heterocycles. The van der Waals surface area contributed by atoms with Gasteiger partial charge in [0.15, 0.2) is 0 Å². The highest BCUT2D eigenvalue weighted by Crippen LogP contribution is 2.33. The Bertz CT molecular complexity index is 422. The smallest absolute Gasteiger partial charge is 0.244 e. The molecular weight excluding hydrogens is 272 g/mol. The van der Waals surface area contributed by atoms with Gasteiger partial charge in [0.2, 0.25) is 5.91 Å². The Morgan fingerprint density at radius 1 is 1.56 bits per heavy atom. The molecule has 0 spiro atoms. The number of hydrogen-bond donors (Lipinski definition) is 1. The zero-order chi connectivity index (χ0) is 11.7. The van der Waals surface area contributed by atoms with Gasteiger partial charge in [-0.15, -0.1) is 0 Å². The molecule has 1 aromatic rings. The Morgan fingerprint density at radius 3 is 2.88 bits per heavy atom. The first-order valence-electron chi connectivity index (χ1n) is 5.04. The molecule has 0 aliphatic carbocycles. The van der Waals surface area contributed by atoms with Crippen molar-refractivity contribution in [3.05, 3.63) is 22.7 Å². The second-order valence-corrected chi connectivity index (χ2v) is 4.62. The minimum absolute atomic E-state index is 0.0450. The lowest BCUT2D eigenvalue weighted by atomic mass is 10.2. The minimum Gasteiger partial charge on any atom is -0.495 e. The summed E-state index contributed by atoms with van der Waals surface area (Å²) in [7, 11) is 1.59. The molecule has 2 rings (SSSR count). The fourth-order valence-electron chi connectivity index (χ4n) is 1.82. The van der Waals surface area contributed by atoms with Crippen molar-refractivity contribution in [2.45, 2.75) is 12.5 Å². The molecule has 0 radical (unpaired) electrons. The highest BCUT2D eigenvalue weighted by molar-refractivity contribution is 9.10. The number of benzene rings is 1. The van der Waals surface area contributed by atoms with E-state index in [9.17, 15) is 4.79 Å². The molecule has 1 amide bonds. The topological polar surface area (TPSA) is 55.6 Å². The lowest BCUT2D eigenvalue weighted by Gasteiger charge is -2.19. The van der Waals surface area contributed by atoms with Crippen LogP contribution in [0.3, 0.4) is 0 Å². The van der Waals surface area contributed by atoms with E-state index in [2.05, 4.69) is 15.9 Å². The third kappa shape index (κ3) is 1.92. The molecule has 1 atom stereocenters. The number of ether oxygens (including phenoxy) is 1. The number of halogens is 1. The van der Waals surface area contributed by atoms with Crippen LogP contribution in [0.2, 0.25) is 0 Å². The van der Waals surface area contributed by atoms with E-state index in [4.69, 9.17) is 10.5 Å². The predicted octanol–water partition coefficient (Wildman–Crippen LogP) is 1.52. The SMILES string of the molecule is COc1ccc(Br)cc1N1CCC(N)C1=O. The Balaban J connectivity index is 2.39. The van der Waals surface area contributed by atoms with Gasteiger partial charge >= 0.3 is 0 Å². The molecule has 1 fully saturated rings. The van der Waals surface area contributed by atoms with E-state index in [1.165, 1.54) is 0 Å². The summed E-state index contributed by atoms with van der Waals surface area (Å²) in [5, 5.41) is 0. The van der Waals surface area contributed by atoms with Crippen LogP contribution in [0.1, 0.15) is 6.42 Å². The normalized spacial score (nSPS) is 20.3. The summed E-state index contributed by atoms with van der Waals surface area (Å²) in [6.07, 6.45) is 0.689. The van der Waals surface area contributed by atoms with Crippen LogP contribution < -0.4 is 15.4 Å². The predicted molar refractivity (Wildman–Crippen MR) is 65.6 cm³/mol. The maximum atomic E-state index is 11.8. The van der Waals surface area contributed by atoms with Crippen molar-refractivity contribution in [1.29, 1.82) is 0 Å². The van der Waals surface area contributed by atoms with E-state index in [0.29, 0.717) is 18.7 Å². The van der Waals surface area contributed by atoms with Gasteiger partial charge in [-0.05, 0) is 24.6 Å². The molecule has 1 saturated heterocycles. The molecule has 2 N–H and O–H groups in total. The zero-order valence-corrected chi connectivity index (χ0v) is 10.5. The average Bonchev–Trinajstić information content (AvgIpc) is 2.60. The lowest BCUT2D eigenvalue weighted by Crippen LogP contribution is -2.34. The number of rotatable bonds is 2. The average molecular weight is 285 g/mol. The molecule has 1 aliphatic rings. The summed E-state index contributed by atoms with van der Waals surface area (Å²) in [4.78, 5) is 13.5. The molecule has 0 saturated carbocycles. The number of nitrogens with two attached hydrogens (primary N) is 1. The molecule has 0 aromatic heterocycles. The molecule has 0 bridgehead atoms. The molecule has 86 valence electrons. The van der Waals surface area contributed by atoms with Crippen LogP contribution in [0.15, 0.2) is 22.7 Å². The lowest BCUT2D eigenvalue weighted by molar-refractivity contribution is -0.118. The largest absolute Gasteiger partial charge is 0.495 e. The van der Waals surface area contributed by atoms with Crippen LogP contribution in [0.5, 0.6) is 5.75 Å². The Kier molecular flexibility index (Phi) is 3.16. The van der Waals surface area contributed by atoms with Gasteiger partial charge < -0.3 is 15.4 Å². The van der Waals surface area contributed by atoms with Gasteiger partial charge in [-0.3, -0.25) is 4.79 Å². The van der Waals surface area contributed by atoms with Gasteiger partial charge in [-0.1, -0.05) is 15.9 Å². The van der Waals surface area contributed by atoms with Crippen LogP contribution in [-0.2, 0) is 4.79 Å².